The van der Waals surface area contributed by atoms with Crippen LogP contribution in [0.1, 0.15) is 61.4 Å². The third-order valence-corrected chi connectivity index (χ3v) is 6.18. The Morgan fingerprint density at radius 2 is 1.88 bits per heavy atom. The number of rotatable bonds is 3. The van der Waals surface area contributed by atoms with Crippen molar-refractivity contribution in [2.24, 2.45) is 17.8 Å². The number of ketones is 1. The fourth-order valence-electron chi connectivity index (χ4n) is 4.06. The van der Waals surface area contributed by atoms with E-state index in [9.17, 15) is 9.18 Å². The van der Waals surface area contributed by atoms with Gasteiger partial charge >= 0.3 is 0 Å². The van der Waals surface area contributed by atoms with Crippen molar-refractivity contribution in [2.75, 3.05) is 6.61 Å². The molecule has 0 amide bonds. The molecule has 1 heterocycles. The van der Waals surface area contributed by atoms with Gasteiger partial charge < -0.3 is 4.74 Å². The highest BCUT2D eigenvalue weighted by Gasteiger charge is 2.34. The highest BCUT2D eigenvalue weighted by Crippen LogP contribution is 2.36. The topological polar surface area (TPSA) is 26.3 Å². The van der Waals surface area contributed by atoms with Crippen LogP contribution in [0.15, 0.2) is 12.1 Å². The van der Waals surface area contributed by atoms with E-state index in [2.05, 4.69) is 6.92 Å². The summed E-state index contributed by atoms with van der Waals surface area (Å²) in [7, 11) is 0. The summed E-state index contributed by atoms with van der Waals surface area (Å²) in [5.41, 5.74) is 0.751. The number of aryl methyl sites for hydroxylation is 1. The lowest BCUT2D eigenvalue weighted by atomic mass is 9.77. The lowest BCUT2D eigenvalue weighted by Gasteiger charge is -2.37. The largest absolute Gasteiger partial charge is 0.377 e. The molecule has 2 aliphatic rings. The van der Waals surface area contributed by atoms with Crippen LogP contribution in [-0.2, 0) is 4.74 Å². The maximum absolute atomic E-state index is 13.9. The van der Waals surface area contributed by atoms with Crippen molar-refractivity contribution >= 4 is 17.4 Å². The Morgan fingerprint density at radius 3 is 2.50 bits per heavy atom. The van der Waals surface area contributed by atoms with Crippen molar-refractivity contribution in [1.29, 1.82) is 0 Å². The summed E-state index contributed by atoms with van der Waals surface area (Å²) < 4.78 is 20.0. The molecule has 2 fully saturated rings. The van der Waals surface area contributed by atoms with Gasteiger partial charge in [0.25, 0.3) is 0 Å². The molecule has 1 aromatic rings. The Bertz CT molecular complexity index is 600. The van der Waals surface area contributed by atoms with E-state index in [1.165, 1.54) is 25.7 Å². The highest BCUT2D eigenvalue weighted by molar-refractivity contribution is 6.34. The van der Waals surface area contributed by atoms with Crippen molar-refractivity contribution in [3.63, 3.8) is 0 Å². The number of hydrogen-bond donors (Lipinski definition) is 0. The highest BCUT2D eigenvalue weighted by atomic mass is 35.5. The zero-order valence-electron chi connectivity index (χ0n) is 14.5. The second-order valence-electron chi connectivity index (χ2n) is 7.59. The maximum Gasteiger partial charge on any atom is 0.169 e. The third kappa shape index (κ3) is 3.67. The average Bonchev–Trinajstić information content (AvgIpc) is 2.60. The third-order valence-electron chi connectivity index (χ3n) is 5.81. The summed E-state index contributed by atoms with van der Waals surface area (Å²) in [6.07, 6.45) is 7.05. The van der Waals surface area contributed by atoms with E-state index < -0.39 is 5.82 Å². The van der Waals surface area contributed by atoms with Gasteiger partial charge in [0.1, 0.15) is 5.82 Å². The summed E-state index contributed by atoms with van der Waals surface area (Å²) >= 11 is 6.04. The number of carbonyl (C=O) groups excluding carboxylic acids is 1. The van der Waals surface area contributed by atoms with Crippen LogP contribution in [0.2, 0.25) is 5.02 Å². The average molecular weight is 353 g/mol. The molecule has 2 nitrogen and oxygen atoms in total. The molecule has 0 radical (unpaired) electrons. The van der Waals surface area contributed by atoms with Crippen molar-refractivity contribution in [2.45, 2.75) is 58.5 Å². The lowest BCUT2D eigenvalue weighted by molar-refractivity contribution is -0.0510. The molecule has 1 aliphatic heterocycles. The second kappa shape index (κ2) is 7.53. The van der Waals surface area contributed by atoms with Gasteiger partial charge in [0.15, 0.2) is 5.78 Å². The zero-order chi connectivity index (χ0) is 17.3. The number of hydrogen-bond acceptors (Lipinski definition) is 2. The number of carbonyl (C=O) groups is 1. The van der Waals surface area contributed by atoms with Gasteiger partial charge in [0.05, 0.1) is 17.7 Å². The van der Waals surface area contributed by atoms with Crippen molar-refractivity contribution in [1.82, 2.24) is 0 Å². The molecule has 24 heavy (non-hydrogen) atoms. The van der Waals surface area contributed by atoms with E-state index >= 15 is 0 Å². The molecular formula is C20H26ClFO2. The second-order valence-corrected chi connectivity index (χ2v) is 7.97. The fourth-order valence-corrected chi connectivity index (χ4v) is 4.37. The fraction of sp³-hybridized carbons (Fsp3) is 0.650. The zero-order valence-corrected chi connectivity index (χ0v) is 15.2. The first-order chi connectivity index (χ1) is 11.5. The molecule has 132 valence electrons. The molecule has 1 aliphatic carbocycles. The van der Waals surface area contributed by atoms with Crippen molar-refractivity contribution in [3.8, 4) is 0 Å². The quantitative estimate of drug-likeness (QED) is 0.662. The number of ether oxygens (including phenoxy) is 1. The van der Waals surface area contributed by atoms with Crippen molar-refractivity contribution < 1.29 is 13.9 Å². The summed E-state index contributed by atoms with van der Waals surface area (Å²) in [5.74, 6) is 0.682. The molecular weight excluding hydrogens is 327 g/mol. The van der Waals surface area contributed by atoms with E-state index in [1.54, 1.807) is 19.1 Å². The SMILES string of the molecule is Cc1ccc(C(=O)[C@@H]2CCC(C3CCC(C)CC3)OC2)c(Cl)c1F. The van der Waals surface area contributed by atoms with Crippen LogP contribution in [0, 0.1) is 30.5 Å². The Morgan fingerprint density at radius 1 is 1.17 bits per heavy atom. The first kappa shape index (κ1) is 17.9. The van der Waals surface area contributed by atoms with Gasteiger partial charge in [0, 0.05) is 11.5 Å². The number of halogens is 2. The molecule has 4 heteroatoms. The minimum Gasteiger partial charge on any atom is -0.377 e. The van der Waals surface area contributed by atoms with E-state index in [0.29, 0.717) is 23.7 Å². The van der Waals surface area contributed by atoms with Crippen LogP contribution >= 0.6 is 11.6 Å². The Labute approximate surface area is 148 Å². The summed E-state index contributed by atoms with van der Waals surface area (Å²) in [4.78, 5) is 12.7. The van der Waals surface area contributed by atoms with Crippen LogP contribution in [-0.4, -0.2) is 18.5 Å². The first-order valence-corrected chi connectivity index (χ1v) is 9.45. The molecule has 2 atom stereocenters. The Kier molecular flexibility index (Phi) is 5.61. The normalized spacial score (nSPS) is 31.0. The predicted molar refractivity (Wildman–Crippen MR) is 94.1 cm³/mol. The van der Waals surface area contributed by atoms with E-state index in [4.69, 9.17) is 16.3 Å². The van der Waals surface area contributed by atoms with Gasteiger partial charge in [-0.2, -0.15) is 0 Å². The Balaban J connectivity index is 1.60. The summed E-state index contributed by atoms with van der Waals surface area (Å²) in [5, 5.41) is -0.0524. The molecule has 3 rings (SSSR count). The monoisotopic (exact) mass is 352 g/mol. The minimum atomic E-state index is -0.492. The molecule has 1 saturated heterocycles. The van der Waals surface area contributed by atoms with E-state index in [1.807, 2.05) is 0 Å². The molecule has 1 aromatic carbocycles. The minimum absolute atomic E-state index is 0.0524. The number of Topliss-reactive ketones (excluding diaryl/α,β-unsaturated/α-hetero) is 1. The molecule has 1 unspecified atom stereocenters. The molecule has 0 bridgehead atoms. The lowest BCUT2D eigenvalue weighted by Crippen LogP contribution is -2.36. The molecule has 0 N–H and O–H groups in total. The van der Waals surface area contributed by atoms with Gasteiger partial charge in [0.2, 0.25) is 0 Å². The van der Waals surface area contributed by atoms with Crippen LogP contribution in [0.5, 0.6) is 0 Å². The van der Waals surface area contributed by atoms with Crippen LogP contribution in [0.3, 0.4) is 0 Å². The summed E-state index contributed by atoms with van der Waals surface area (Å²) in [6, 6.07) is 3.25. The van der Waals surface area contributed by atoms with Gasteiger partial charge in [-0.15, -0.1) is 0 Å². The maximum atomic E-state index is 13.9. The van der Waals surface area contributed by atoms with Crippen LogP contribution in [0.25, 0.3) is 0 Å². The first-order valence-electron chi connectivity index (χ1n) is 9.07. The molecule has 1 saturated carbocycles. The smallest absolute Gasteiger partial charge is 0.169 e. The summed E-state index contributed by atoms with van der Waals surface area (Å²) in [6.45, 7) is 4.40. The Hall–Kier alpha value is -0.930. The molecule has 0 spiro atoms. The standard InChI is InChI=1S/C20H26ClFO2/c1-12-3-6-14(7-4-12)17-10-8-15(11-24-17)20(23)16-9-5-13(2)19(22)18(16)21/h5,9,12,14-15,17H,3-4,6-8,10-11H2,1-2H3/t12?,14?,15-,17?/m1/s1. The van der Waals surface area contributed by atoms with Crippen LogP contribution < -0.4 is 0 Å². The van der Waals surface area contributed by atoms with Gasteiger partial charge in [-0.05, 0) is 56.1 Å². The van der Waals surface area contributed by atoms with E-state index in [-0.39, 0.29) is 22.8 Å². The van der Waals surface area contributed by atoms with Gasteiger partial charge in [-0.25, -0.2) is 4.39 Å². The van der Waals surface area contributed by atoms with Crippen molar-refractivity contribution in [3.05, 3.63) is 34.1 Å². The van der Waals surface area contributed by atoms with Crippen LogP contribution in [0.4, 0.5) is 4.39 Å². The predicted octanol–water partition coefficient (Wildman–Crippen LogP) is 5.59. The van der Waals surface area contributed by atoms with Gasteiger partial charge in [-0.1, -0.05) is 37.4 Å². The van der Waals surface area contributed by atoms with Gasteiger partial charge in [-0.3, -0.25) is 4.79 Å². The van der Waals surface area contributed by atoms with E-state index in [0.717, 1.165) is 18.8 Å². The number of benzene rings is 1. The molecule has 0 aromatic heterocycles.